The van der Waals surface area contributed by atoms with E-state index in [1.165, 1.54) is 12.1 Å². The molecule has 25 heavy (non-hydrogen) atoms. The largest absolute Gasteiger partial charge is 0.492 e. The summed E-state index contributed by atoms with van der Waals surface area (Å²) in [7, 11) is -3.64. The molecule has 2 aromatic carbocycles. The van der Waals surface area contributed by atoms with Crippen LogP contribution in [0, 0.1) is 13.8 Å². The molecule has 132 valence electrons. The van der Waals surface area contributed by atoms with Gasteiger partial charge < -0.3 is 10.1 Å². The number of benzene rings is 2. The minimum atomic E-state index is -3.64. The standard InChI is InChI=1S/C18H20N2O4S/c1-12-3-6-17(13(2)9-12)24-8-7-19-25(22,23)15-4-5-16-14(10-15)11-18(21)20-16/h3-6,9-10,19H,7-8,11H2,1-2H3,(H,20,21). The highest BCUT2D eigenvalue weighted by molar-refractivity contribution is 7.89. The van der Waals surface area contributed by atoms with E-state index >= 15 is 0 Å². The Bertz CT molecular complexity index is 923. The number of carbonyl (C=O) groups excluding carboxylic acids is 1. The maximum atomic E-state index is 12.4. The first kappa shape index (κ1) is 17.4. The van der Waals surface area contributed by atoms with Gasteiger partial charge in [0.2, 0.25) is 15.9 Å². The molecule has 1 aliphatic rings. The second kappa shape index (κ2) is 6.85. The molecular formula is C18H20N2O4S. The third kappa shape index (κ3) is 4.00. The first-order valence-electron chi connectivity index (χ1n) is 7.98. The van der Waals surface area contributed by atoms with Gasteiger partial charge in [-0.15, -0.1) is 0 Å². The number of rotatable bonds is 6. The quantitative estimate of drug-likeness (QED) is 0.773. The molecule has 0 unspecified atom stereocenters. The molecular weight excluding hydrogens is 340 g/mol. The summed E-state index contributed by atoms with van der Waals surface area (Å²) in [5.41, 5.74) is 3.52. The first-order valence-corrected chi connectivity index (χ1v) is 9.46. The zero-order valence-corrected chi connectivity index (χ0v) is 14.9. The molecule has 0 fully saturated rings. The van der Waals surface area contributed by atoms with Crippen molar-refractivity contribution in [3.8, 4) is 5.75 Å². The molecule has 2 N–H and O–H groups in total. The van der Waals surface area contributed by atoms with Crippen LogP contribution >= 0.6 is 0 Å². The van der Waals surface area contributed by atoms with Gasteiger partial charge in [-0.3, -0.25) is 4.79 Å². The van der Waals surface area contributed by atoms with E-state index in [9.17, 15) is 13.2 Å². The molecule has 0 saturated carbocycles. The highest BCUT2D eigenvalue weighted by Crippen LogP contribution is 2.25. The summed E-state index contributed by atoms with van der Waals surface area (Å²) in [4.78, 5) is 11.5. The lowest BCUT2D eigenvalue weighted by molar-refractivity contribution is -0.115. The van der Waals surface area contributed by atoms with Gasteiger partial charge in [-0.05, 0) is 49.2 Å². The van der Waals surface area contributed by atoms with E-state index in [1.807, 2.05) is 32.0 Å². The van der Waals surface area contributed by atoms with E-state index in [-0.39, 0.29) is 30.4 Å². The number of amides is 1. The van der Waals surface area contributed by atoms with Crippen LogP contribution in [0.15, 0.2) is 41.3 Å². The van der Waals surface area contributed by atoms with Gasteiger partial charge >= 0.3 is 0 Å². The molecule has 1 heterocycles. The van der Waals surface area contributed by atoms with Gasteiger partial charge in [0.05, 0.1) is 11.3 Å². The topological polar surface area (TPSA) is 84.5 Å². The number of carbonyl (C=O) groups is 1. The van der Waals surface area contributed by atoms with E-state index < -0.39 is 10.0 Å². The fourth-order valence-electron chi connectivity index (χ4n) is 2.75. The SMILES string of the molecule is Cc1ccc(OCCNS(=O)(=O)c2ccc3c(c2)CC(=O)N3)c(C)c1. The second-order valence-electron chi connectivity index (χ2n) is 6.06. The van der Waals surface area contributed by atoms with E-state index in [0.29, 0.717) is 11.3 Å². The lowest BCUT2D eigenvalue weighted by Crippen LogP contribution is -2.28. The van der Waals surface area contributed by atoms with E-state index in [2.05, 4.69) is 10.0 Å². The van der Waals surface area contributed by atoms with Gasteiger partial charge in [0.15, 0.2) is 0 Å². The molecule has 1 aliphatic heterocycles. The number of anilines is 1. The summed E-state index contributed by atoms with van der Waals surface area (Å²) in [6, 6.07) is 10.5. The Morgan fingerprint density at radius 3 is 2.72 bits per heavy atom. The Balaban J connectivity index is 1.59. The van der Waals surface area contributed by atoms with Crippen molar-refractivity contribution in [1.29, 1.82) is 0 Å². The fraction of sp³-hybridized carbons (Fsp3) is 0.278. The van der Waals surface area contributed by atoms with Crippen molar-refractivity contribution >= 4 is 21.6 Å². The zero-order valence-electron chi connectivity index (χ0n) is 14.1. The van der Waals surface area contributed by atoms with Crippen LogP contribution in [0.1, 0.15) is 16.7 Å². The molecule has 0 atom stereocenters. The predicted octanol–water partition coefficient (Wildman–Crippen LogP) is 2.16. The molecule has 6 nitrogen and oxygen atoms in total. The van der Waals surface area contributed by atoms with Gasteiger partial charge in [0.1, 0.15) is 12.4 Å². The summed E-state index contributed by atoms with van der Waals surface area (Å²) in [5.74, 6) is 0.617. The van der Waals surface area contributed by atoms with Crippen molar-refractivity contribution < 1.29 is 17.9 Å². The normalized spacial score (nSPS) is 13.4. The maximum absolute atomic E-state index is 12.4. The van der Waals surface area contributed by atoms with Crippen LogP contribution in [0.3, 0.4) is 0 Å². The van der Waals surface area contributed by atoms with Gasteiger partial charge in [-0.1, -0.05) is 17.7 Å². The smallest absolute Gasteiger partial charge is 0.240 e. The molecule has 0 radical (unpaired) electrons. The highest BCUT2D eigenvalue weighted by Gasteiger charge is 2.21. The molecule has 7 heteroatoms. The van der Waals surface area contributed by atoms with E-state index in [1.54, 1.807) is 6.07 Å². The van der Waals surface area contributed by atoms with Crippen molar-refractivity contribution in [1.82, 2.24) is 4.72 Å². The lowest BCUT2D eigenvalue weighted by atomic mass is 10.1. The molecule has 0 aliphatic carbocycles. The molecule has 0 bridgehead atoms. The van der Waals surface area contributed by atoms with Crippen molar-refractivity contribution in [2.24, 2.45) is 0 Å². The van der Waals surface area contributed by atoms with Gasteiger partial charge in [0.25, 0.3) is 0 Å². The number of aryl methyl sites for hydroxylation is 2. The van der Waals surface area contributed by atoms with Crippen LogP contribution in [0.5, 0.6) is 5.75 Å². The average Bonchev–Trinajstić information content (AvgIpc) is 2.92. The molecule has 0 spiro atoms. The average molecular weight is 360 g/mol. The Hall–Kier alpha value is -2.38. The van der Waals surface area contributed by atoms with Crippen LogP contribution < -0.4 is 14.8 Å². The first-order chi connectivity index (χ1) is 11.8. The van der Waals surface area contributed by atoms with Crippen LogP contribution in [-0.2, 0) is 21.2 Å². The maximum Gasteiger partial charge on any atom is 0.240 e. The zero-order chi connectivity index (χ0) is 18.0. The van der Waals surface area contributed by atoms with Crippen LogP contribution in [-0.4, -0.2) is 27.5 Å². The van der Waals surface area contributed by atoms with E-state index in [4.69, 9.17) is 4.74 Å². The van der Waals surface area contributed by atoms with Crippen LogP contribution in [0.2, 0.25) is 0 Å². The third-order valence-corrected chi connectivity index (χ3v) is 5.45. The lowest BCUT2D eigenvalue weighted by Gasteiger charge is -2.11. The molecule has 0 saturated heterocycles. The number of sulfonamides is 1. The van der Waals surface area contributed by atoms with Crippen LogP contribution in [0.25, 0.3) is 0 Å². The second-order valence-corrected chi connectivity index (χ2v) is 7.83. The van der Waals surface area contributed by atoms with Crippen molar-refractivity contribution in [2.75, 3.05) is 18.5 Å². The Kier molecular flexibility index (Phi) is 4.78. The number of hydrogen-bond donors (Lipinski definition) is 2. The predicted molar refractivity (Wildman–Crippen MR) is 95.4 cm³/mol. The minimum absolute atomic E-state index is 0.126. The van der Waals surface area contributed by atoms with Gasteiger partial charge in [0, 0.05) is 12.2 Å². The highest BCUT2D eigenvalue weighted by atomic mass is 32.2. The molecule has 2 aromatic rings. The number of fused-ring (bicyclic) bond motifs is 1. The van der Waals surface area contributed by atoms with E-state index in [0.717, 1.165) is 16.9 Å². The number of nitrogens with one attached hydrogen (secondary N) is 2. The monoisotopic (exact) mass is 360 g/mol. The Morgan fingerprint density at radius 1 is 1.16 bits per heavy atom. The third-order valence-electron chi connectivity index (χ3n) is 3.99. The summed E-state index contributed by atoms with van der Waals surface area (Å²) < 4.78 is 32.9. The molecule has 3 rings (SSSR count). The minimum Gasteiger partial charge on any atom is -0.492 e. The Morgan fingerprint density at radius 2 is 1.96 bits per heavy atom. The fourth-order valence-corrected chi connectivity index (χ4v) is 3.82. The summed E-state index contributed by atoms with van der Waals surface area (Å²) >= 11 is 0. The van der Waals surface area contributed by atoms with Crippen LogP contribution in [0.4, 0.5) is 5.69 Å². The Labute approximate surface area is 147 Å². The molecule has 1 amide bonds. The van der Waals surface area contributed by atoms with Crippen molar-refractivity contribution in [3.63, 3.8) is 0 Å². The molecule has 0 aromatic heterocycles. The number of hydrogen-bond acceptors (Lipinski definition) is 4. The summed E-state index contributed by atoms with van der Waals surface area (Å²) in [5, 5.41) is 2.68. The number of ether oxygens (including phenoxy) is 1. The van der Waals surface area contributed by atoms with Gasteiger partial charge in [-0.25, -0.2) is 13.1 Å². The van der Waals surface area contributed by atoms with Crippen molar-refractivity contribution in [3.05, 3.63) is 53.1 Å². The summed E-state index contributed by atoms with van der Waals surface area (Å²) in [6.45, 7) is 4.34. The van der Waals surface area contributed by atoms with Crippen molar-refractivity contribution in [2.45, 2.75) is 25.2 Å². The summed E-state index contributed by atoms with van der Waals surface area (Å²) in [6.07, 6.45) is 0.203. The van der Waals surface area contributed by atoms with Gasteiger partial charge in [-0.2, -0.15) is 0 Å².